The third kappa shape index (κ3) is 2.83. The van der Waals surface area contributed by atoms with Gasteiger partial charge in [-0.1, -0.05) is 6.07 Å². The number of rotatable bonds is 4. The first-order valence-corrected chi connectivity index (χ1v) is 6.82. The number of hydrogen-bond acceptors (Lipinski definition) is 5. The number of anilines is 2. The molecule has 0 aliphatic rings. The van der Waals surface area contributed by atoms with Crippen LogP contribution in [0.15, 0.2) is 41.4 Å². The third-order valence-corrected chi connectivity index (χ3v) is 3.74. The largest absolute Gasteiger partial charge is 0.308 e. The summed E-state index contributed by atoms with van der Waals surface area (Å²) in [5.74, 6) is 3.19. The molecule has 106 valence electrons. The lowest BCUT2D eigenvalue weighted by atomic mass is 10.3. The minimum Gasteiger partial charge on any atom is -0.308 e. The Hall–Kier alpha value is -2.26. The minimum absolute atomic E-state index is 0.0990. The number of hydrogen-bond donors (Lipinski definition) is 3. The lowest BCUT2D eigenvalue weighted by molar-refractivity contribution is 0.583. The van der Waals surface area contributed by atoms with Crippen LogP contribution in [-0.4, -0.2) is 13.4 Å². The molecule has 2 rings (SSSR count). The Morgan fingerprint density at radius 1 is 1.15 bits per heavy atom. The molecule has 0 radical (unpaired) electrons. The number of hydrazine groups is 1. The van der Waals surface area contributed by atoms with Gasteiger partial charge in [-0.25, -0.2) is 28.0 Å². The molecule has 9 heteroatoms. The van der Waals surface area contributed by atoms with Crippen molar-refractivity contribution in [2.75, 3.05) is 10.1 Å². The van der Waals surface area contributed by atoms with Gasteiger partial charge in [0.05, 0.1) is 4.90 Å². The number of nitrogens with one attached hydrogen (secondary N) is 2. The second-order valence-corrected chi connectivity index (χ2v) is 5.41. The van der Waals surface area contributed by atoms with E-state index in [4.69, 9.17) is 5.84 Å². The Labute approximate surface area is 113 Å². The van der Waals surface area contributed by atoms with Gasteiger partial charge >= 0.3 is 0 Å². The summed E-state index contributed by atoms with van der Waals surface area (Å²) in [6, 6.07) is 5.31. The van der Waals surface area contributed by atoms with E-state index in [9.17, 15) is 17.2 Å². The number of nitrogens with two attached hydrogens (primary N) is 1. The molecular weight excluding hydrogens is 290 g/mol. The molecule has 0 fully saturated rings. The van der Waals surface area contributed by atoms with Crippen LogP contribution in [0.5, 0.6) is 0 Å². The fourth-order valence-electron chi connectivity index (χ4n) is 1.45. The Kier molecular flexibility index (Phi) is 3.81. The molecule has 0 aliphatic carbocycles. The maximum Gasteiger partial charge on any atom is 0.262 e. The number of pyridine rings is 1. The van der Waals surface area contributed by atoms with Gasteiger partial charge in [-0.15, -0.1) is 0 Å². The zero-order chi connectivity index (χ0) is 14.8. The Morgan fingerprint density at radius 3 is 2.40 bits per heavy atom. The summed E-state index contributed by atoms with van der Waals surface area (Å²) < 4.78 is 52.8. The standard InChI is InChI=1S/C11H10F2N4O2S/c12-8-2-1-3-9(13)11(8)17-20(18,19)7-4-5-15-10(6-7)16-14/h1-6,17H,14H2,(H,15,16). The molecule has 1 aromatic carbocycles. The molecule has 0 saturated carbocycles. The Bertz CT molecular complexity index is 717. The zero-order valence-electron chi connectivity index (χ0n) is 9.97. The van der Waals surface area contributed by atoms with Crippen molar-refractivity contribution in [1.82, 2.24) is 4.98 Å². The summed E-state index contributed by atoms with van der Waals surface area (Å²) in [5.41, 5.74) is 1.43. The van der Waals surface area contributed by atoms with Gasteiger partial charge in [-0.3, -0.25) is 4.72 Å². The van der Waals surface area contributed by atoms with Crippen molar-refractivity contribution in [3.63, 3.8) is 0 Å². The molecule has 1 heterocycles. The van der Waals surface area contributed by atoms with Crippen LogP contribution in [0.1, 0.15) is 0 Å². The number of aromatic nitrogens is 1. The smallest absolute Gasteiger partial charge is 0.262 e. The van der Waals surface area contributed by atoms with Gasteiger partial charge in [0.25, 0.3) is 10.0 Å². The van der Waals surface area contributed by atoms with Crippen LogP contribution < -0.4 is 16.0 Å². The van der Waals surface area contributed by atoms with E-state index in [1.54, 1.807) is 0 Å². The fourth-order valence-corrected chi connectivity index (χ4v) is 2.53. The highest BCUT2D eigenvalue weighted by molar-refractivity contribution is 7.92. The van der Waals surface area contributed by atoms with Gasteiger partial charge in [0.15, 0.2) is 0 Å². The van der Waals surface area contributed by atoms with Crippen molar-refractivity contribution in [2.45, 2.75) is 4.90 Å². The molecule has 6 nitrogen and oxygen atoms in total. The van der Waals surface area contributed by atoms with Crippen molar-refractivity contribution in [1.29, 1.82) is 0 Å². The van der Waals surface area contributed by atoms with Crippen LogP contribution in [0.2, 0.25) is 0 Å². The molecular formula is C11H10F2N4O2S. The van der Waals surface area contributed by atoms with Crippen LogP contribution in [0.3, 0.4) is 0 Å². The van der Waals surface area contributed by atoms with Crippen LogP contribution >= 0.6 is 0 Å². The lowest BCUT2D eigenvalue weighted by Gasteiger charge is -2.10. The minimum atomic E-state index is -4.16. The van der Waals surface area contributed by atoms with Gasteiger partial charge in [-0.05, 0) is 18.2 Å². The summed E-state index contributed by atoms with van der Waals surface area (Å²) in [7, 11) is -4.16. The second kappa shape index (κ2) is 5.39. The van der Waals surface area contributed by atoms with Gasteiger partial charge in [-0.2, -0.15) is 0 Å². The topological polar surface area (TPSA) is 97.1 Å². The highest BCUT2D eigenvalue weighted by atomic mass is 32.2. The van der Waals surface area contributed by atoms with Crippen LogP contribution in [0, 0.1) is 11.6 Å². The van der Waals surface area contributed by atoms with Crippen molar-refractivity contribution in [2.24, 2.45) is 5.84 Å². The lowest BCUT2D eigenvalue weighted by Crippen LogP contribution is -2.16. The maximum absolute atomic E-state index is 13.4. The van der Waals surface area contributed by atoms with E-state index in [2.05, 4.69) is 10.4 Å². The third-order valence-electron chi connectivity index (χ3n) is 2.39. The van der Waals surface area contributed by atoms with Crippen molar-refractivity contribution < 1.29 is 17.2 Å². The van der Waals surface area contributed by atoms with Gasteiger partial charge in [0.1, 0.15) is 23.1 Å². The molecule has 2 aromatic rings. The van der Waals surface area contributed by atoms with E-state index in [0.717, 1.165) is 24.3 Å². The maximum atomic E-state index is 13.4. The summed E-state index contributed by atoms with van der Waals surface area (Å²) in [5, 5.41) is 0. The molecule has 20 heavy (non-hydrogen) atoms. The number of nitrogens with zero attached hydrogens (tertiary/aromatic N) is 1. The first-order valence-electron chi connectivity index (χ1n) is 5.33. The highest BCUT2D eigenvalue weighted by Crippen LogP contribution is 2.22. The summed E-state index contributed by atoms with van der Waals surface area (Å²) in [6.07, 6.45) is 1.20. The molecule has 0 spiro atoms. The second-order valence-electron chi connectivity index (χ2n) is 3.72. The predicted octanol–water partition coefficient (Wildman–Crippen LogP) is 1.45. The van der Waals surface area contributed by atoms with Gasteiger partial charge in [0.2, 0.25) is 0 Å². The van der Waals surface area contributed by atoms with Crippen molar-refractivity contribution in [3.05, 3.63) is 48.2 Å². The Morgan fingerprint density at radius 2 is 1.80 bits per heavy atom. The first-order chi connectivity index (χ1) is 9.44. The first kappa shape index (κ1) is 14.2. The van der Waals surface area contributed by atoms with Crippen molar-refractivity contribution in [3.8, 4) is 0 Å². The zero-order valence-corrected chi connectivity index (χ0v) is 10.8. The molecule has 0 unspecified atom stereocenters. The van der Waals surface area contributed by atoms with E-state index in [-0.39, 0.29) is 10.7 Å². The normalized spacial score (nSPS) is 11.2. The number of halogens is 2. The Balaban J connectivity index is 2.41. The van der Waals surface area contributed by atoms with E-state index in [1.165, 1.54) is 12.3 Å². The summed E-state index contributed by atoms with van der Waals surface area (Å²) >= 11 is 0. The van der Waals surface area contributed by atoms with E-state index >= 15 is 0 Å². The molecule has 1 aromatic heterocycles. The average molecular weight is 300 g/mol. The fraction of sp³-hybridized carbons (Fsp3) is 0. The predicted molar refractivity (Wildman–Crippen MR) is 69.2 cm³/mol. The molecule has 0 saturated heterocycles. The SMILES string of the molecule is NNc1cc(S(=O)(=O)Nc2c(F)cccc2F)ccn1. The number of nitrogen functional groups attached to an aromatic ring is 1. The number of para-hydroxylation sites is 1. The number of benzene rings is 1. The number of sulfonamides is 1. The van der Waals surface area contributed by atoms with Crippen LogP contribution in [0.25, 0.3) is 0 Å². The monoisotopic (exact) mass is 300 g/mol. The average Bonchev–Trinajstić information content (AvgIpc) is 2.43. The van der Waals surface area contributed by atoms with E-state index < -0.39 is 27.3 Å². The highest BCUT2D eigenvalue weighted by Gasteiger charge is 2.19. The summed E-state index contributed by atoms with van der Waals surface area (Å²) in [6.45, 7) is 0. The van der Waals surface area contributed by atoms with Gasteiger partial charge in [0, 0.05) is 12.3 Å². The molecule has 0 bridgehead atoms. The van der Waals surface area contributed by atoms with Crippen LogP contribution in [0.4, 0.5) is 20.3 Å². The van der Waals surface area contributed by atoms with Crippen LogP contribution in [-0.2, 0) is 10.0 Å². The summed E-state index contributed by atoms with van der Waals surface area (Å²) in [4.78, 5) is 3.50. The quantitative estimate of drug-likeness (QED) is 0.586. The molecule has 4 N–H and O–H groups in total. The molecule has 0 amide bonds. The van der Waals surface area contributed by atoms with E-state index in [1.807, 2.05) is 4.72 Å². The van der Waals surface area contributed by atoms with Gasteiger partial charge < -0.3 is 5.43 Å². The van der Waals surface area contributed by atoms with E-state index in [0.29, 0.717) is 0 Å². The van der Waals surface area contributed by atoms with Crippen molar-refractivity contribution >= 4 is 21.5 Å². The molecule has 0 atom stereocenters. The molecule has 0 aliphatic heterocycles.